The van der Waals surface area contributed by atoms with Crippen LogP contribution in [0.25, 0.3) is 0 Å². The molecular weight excluding hydrogens is 372 g/mol. The highest BCUT2D eigenvalue weighted by Crippen LogP contribution is 2.17. The maximum Gasteiger partial charge on any atom is 0.311 e. The van der Waals surface area contributed by atoms with E-state index in [0.29, 0.717) is 30.3 Å². The zero-order valence-corrected chi connectivity index (χ0v) is 14.4. The van der Waals surface area contributed by atoms with E-state index in [-0.39, 0.29) is 12.4 Å². The van der Waals surface area contributed by atoms with Gasteiger partial charge in [0, 0.05) is 17.3 Å². The van der Waals surface area contributed by atoms with Gasteiger partial charge in [-0.3, -0.25) is 4.79 Å². The van der Waals surface area contributed by atoms with E-state index in [1.165, 1.54) is 0 Å². The van der Waals surface area contributed by atoms with E-state index in [9.17, 15) is 4.79 Å². The summed E-state index contributed by atoms with van der Waals surface area (Å²) in [4.78, 5) is 16.1. The second-order valence-corrected chi connectivity index (χ2v) is 6.11. The predicted molar refractivity (Wildman–Crippen MR) is 91.6 cm³/mol. The van der Waals surface area contributed by atoms with Crippen molar-refractivity contribution in [2.24, 2.45) is 0 Å². The molecule has 0 spiro atoms. The number of rotatable bonds is 6. The lowest BCUT2D eigenvalue weighted by Crippen LogP contribution is -2.09. The summed E-state index contributed by atoms with van der Waals surface area (Å²) in [7, 11) is 0. The number of benzene rings is 2. The molecule has 0 aliphatic rings. The fourth-order valence-corrected chi connectivity index (χ4v) is 2.40. The molecule has 0 saturated carbocycles. The fraction of sp³-hybridized carbons (Fsp3) is 0.167. The van der Waals surface area contributed by atoms with Crippen LogP contribution >= 0.6 is 15.9 Å². The Balaban J connectivity index is 1.50. The minimum Gasteiger partial charge on any atom is -0.427 e. The van der Waals surface area contributed by atoms with E-state index in [4.69, 9.17) is 9.26 Å². The van der Waals surface area contributed by atoms with Crippen LogP contribution in [0.1, 0.15) is 23.7 Å². The summed E-state index contributed by atoms with van der Waals surface area (Å²) < 4.78 is 11.4. The molecule has 6 heteroatoms. The number of ether oxygens (including phenoxy) is 1. The van der Waals surface area contributed by atoms with Gasteiger partial charge in [0.2, 0.25) is 5.89 Å². The second kappa shape index (κ2) is 7.88. The summed E-state index contributed by atoms with van der Waals surface area (Å²) in [5.41, 5.74) is 1.11. The summed E-state index contributed by atoms with van der Waals surface area (Å²) in [6.45, 7) is 0. The molecule has 0 radical (unpaired) electrons. The van der Waals surface area contributed by atoms with Crippen LogP contribution in [0.5, 0.6) is 5.75 Å². The van der Waals surface area contributed by atoms with Crippen LogP contribution in [-0.4, -0.2) is 16.1 Å². The van der Waals surface area contributed by atoms with Crippen LogP contribution in [0.4, 0.5) is 0 Å². The van der Waals surface area contributed by atoms with Crippen molar-refractivity contribution in [2.45, 2.75) is 19.3 Å². The minimum absolute atomic E-state index is 0.184. The monoisotopic (exact) mass is 386 g/mol. The molecule has 0 aliphatic carbocycles. The molecule has 1 aromatic heterocycles. The SMILES string of the molecule is O=C(CCc1nc(Cc2ccccc2)no1)Oc1ccc(Br)cc1. The molecule has 0 saturated heterocycles. The molecule has 0 N–H and O–H groups in total. The van der Waals surface area contributed by atoms with Crippen molar-refractivity contribution in [3.8, 4) is 5.75 Å². The maximum absolute atomic E-state index is 11.8. The number of esters is 1. The molecular formula is C18H15BrN2O3. The van der Waals surface area contributed by atoms with Crippen molar-refractivity contribution < 1.29 is 14.1 Å². The minimum atomic E-state index is -0.333. The number of nitrogens with zero attached hydrogens (tertiary/aromatic N) is 2. The van der Waals surface area contributed by atoms with E-state index in [1.807, 2.05) is 42.5 Å². The molecule has 0 atom stereocenters. The molecule has 24 heavy (non-hydrogen) atoms. The van der Waals surface area contributed by atoms with Gasteiger partial charge in [0.15, 0.2) is 5.82 Å². The summed E-state index contributed by atoms with van der Waals surface area (Å²) in [6, 6.07) is 17.0. The van der Waals surface area contributed by atoms with Gasteiger partial charge in [0.1, 0.15) is 5.75 Å². The first-order valence-corrected chi connectivity index (χ1v) is 8.30. The topological polar surface area (TPSA) is 65.2 Å². The van der Waals surface area contributed by atoms with Gasteiger partial charge in [0.25, 0.3) is 0 Å². The van der Waals surface area contributed by atoms with E-state index in [1.54, 1.807) is 12.1 Å². The highest BCUT2D eigenvalue weighted by atomic mass is 79.9. The molecule has 0 fully saturated rings. The van der Waals surface area contributed by atoms with Crippen LogP contribution in [0.3, 0.4) is 0 Å². The third kappa shape index (κ3) is 4.76. The molecule has 0 bridgehead atoms. The normalized spacial score (nSPS) is 10.5. The quantitative estimate of drug-likeness (QED) is 0.473. The third-order valence-electron chi connectivity index (χ3n) is 3.30. The zero-order chi connectivity index (χ0) is 16.8. The standard InChI is InChI=1S/C18H15BrN2O3/c19-14-6-8-15(9-7-14)23-18(22)11-10-17-20-16(21-24-17)12-13-4-2-1-3-5-13/h1-9H,10-12H2. The number of hydrogen-bond donors (Lipinski definition) is 0. The third-order valence-corrected chi connectivity index (χ3v) is 3.83. The maximum atomic E-state index is 11.8. The van der Waals surface area contributed by atoms with Crippen LogP contribution in [0.15, 0.2) is 63.6 Å². The first-order chi connectivity index (χ1) is 11.7. The van der Waals surface area contributed by atoms with Crippen molar-refractivity contribution in [3.63, 3.8) is 0 Å². The van der Waals surface area contributed by atoms with Crippen molar-refractivity contribution in [2.75, 3.05) is 0 Å². The number of hydrogen-bond acceptors (Lipinski definition) is 5. The van der Waals surface area contributed by atoms with E-state index < -0.39 is 0 Å². The van der Waals surface area contributed by atoms with Gasteiger partial charge in [-0.2, -0.15) is 4.98 Å². The first-order valence-electron chi connectivity index (χ1n) is 7.51. The van der Waals surface area contributed by atoms with Gasteiger partial charge in [0.05, 0.1) is 6.42 Å². The van der Waals surface area contributed by atoms with Crippen LogP contribution in [-0.2, 0) is 17.6 Å². The number of halogens is 1. The summed E-state index contributed by atoms with van der Waals surface area (Å²) >= 11 is 3.33. The van der Waals surface area contributed by atoms with E-state index in [0.717, 1.165) is 10.0 Å². The summed E-state index contributed by atoms with van der Waals surface area (Å²) in [6.07, 6.45) is 1.15. The number of aryl methyl sites for hydroxylation is 1. The van der Waals surface area contributed by atoms with Crippen LogP contribution < -0.4 is 4.74 Å². The highest BCUT2D eigenvalue weighted by Gasteiger charge is 2.11. The molecule has 0 amide bonds. The highest BCUT2D eigenvalue weighted by molar-refractivity contribution is 9.10. The smallest absolute Gasteiger partial charge is 0.311 e. The van der Waals surface area contributed by atoms with Crippen LogP contribution in [0, 0.1) is 0 Å². The first kappa shape index (κ1) is 16.4. The van der Waals surface area contributed by atoms with Gasteiger partial charge in [-0.05, 0) is 29.8 Å². The predicted octanol–water partition coefficient (Wildman–Crippen LogP) is 3.96. The van der Waals surface area contributed by atoms with Gasteiger partial charge in [-0.1, -0.05) is 51.4 Å². The molecule has 0 unspecified atom stereocenters. The number of carbonyl (C=O) groups excluding carboxylic acids is 1. The lowest BCUT2D eigenvalue weighted by molar-refractivity contribution is -0.134. The average molecular weight is 387 g/mol. The van der Waals surface area contributed by atoms with Gasteiger partial charge >= 0.3 is 5.97 Å². The van der Waals surface area contributed by atoms with Crippen molar-refractivity contribution >= 4 is 21.9 Å². The lowest BCUT2D eigenvalue weighted by atomic mass is 10.1. The molecule has 0 aliphatic heterocycles. The van der Waals surface area contributed by atoms with E-state index in [2.05, 4.69) is 26.1 Å². The molecule has 5 nitrogen and oxygen atoms in total. The van der Waals surface area contributed by atoms with Gasteiger partial charge in [-0.25, -0.2) is 0 Å². The van der Waals surface area contributed by atoms with E-state index >= 15 is 0 Å². The summed E-state index contributed by atoms with van der Waals surface area (Å²) in [5, 5.41) is 3.94. The Morgan fingerprint density at radius 1 is 1.08 bits per heavy atom. The van der Waals surface area contributed by atoms with Crippen LogP contribution in [0.2, 0.25) is 0 Å². The Bertz CT molecular complexity index is 801. The Kier molecular flexibility index (Phi) is 5.38. The van der Waals surface area contributed by atoms with Crippen molar-refractivity contribution in [3.05, 3.63) is 76.3 Å². The fourth-order valence-electron chi connectivity index (χ4n) is 2.14. The molecule has 1 heterocycles. The van der Waals surface area contributed by atoms with Gasteiger partial charge < -0.3 is 9.26 Å². The Labute approximate surface area is 147 Å². The van der Waals surface area contributed by atoms with Gasteiger partial charge in [-0.15, -0.1) is 0 Å². The molecule has 122 valence electrons. The van der Waals surface area contributed by atoms with Crippen molar-refractivity contribution in [1.82, 2.24) is 10.1 Å². The average Bonchev–Trinajstić information content (AvgIpc) is 3.03. The lowest BCUT2D eigenvalue weighted by Gasteiger charge is -2.02. The Morgan fingerprint density at radius 2 is 1.83 bits per heavy atom. The largest absolute Gasteiger partial charge is 0.427 e. The van der Waals surface area contributed by atoms with Crippen molar-refractivity contribution in [1.29, 1.82) is 0 Å². The number of carbonyl (C=O) groups is 1. The Morgan fingerprint density at radius 3 is 2.58 bits per heavy atom. The zero-order valence-electron chi connectivity index (χ0n) is 12.8. The summed E-state index contributed by atoms with van der Waals surface area (Å²) in [5.74, 6) is 1.23. The number of aromatic nitrogens is 2. The second-order valence-electron chi connectivity index (χ2n) is 5.19. The molecule has 3 aromatic rings. The molecule has 3 rings (SSSR count). The Hall–Kier alpha value is -2.47. The molecule has 2 aromatic carbocycles.